The predicted molar refractivity (Wildman–Crippen MR) is 144 cm³/mol. The molecule has 7 heteroatoms. The molecular weight excluding hydrogens is 484 g/mol. The number of ether oxygens (including phenoxy) is 4. The highest BCUT2D eigenvalue weighted by atomic mass is 16.5. The first-order valence-corrected chi connectivity index (χ1v) is 12.0. The fraction of sp³-hybridized carbons (Fsp3) is 0.129. The van der Waals surface area contributed by atoms with Crippen LogP contribution in [-0.2, 0) is 13.2 Å². The second kappa shape index (κ2) is 11.0. The van der Waals surface area contributed by atoms with Crippen molar-refractivity contribution in [3.63, 3.8) is 0 Å². The Morgan fingerprint density at radius 1 is 0.711 bits per heavy atom. The molecule has 0 unspecified atom stereocenters. The molecular formula is C31H26O7. The van der Waals surface area contributed by atoms with Gasteiger partial charge in [-0.05, 0) is 41.5 Å². The van der Waals surface area contributed by atoms with E-state index in [1.807, 2.05) is 60.7 Å². The van der Waals surface area contributed by atoms with Gasteiger partial charge in [-0.1, -0.05) is 60.7 Å². The summed E-state index contributed by atoms with van der Waals surface area (Å²) in [6.45, 7) is 0.639. The lowest BCUT2D eigenvalue weighted by atomic mass is 10.1. The Hall–Kier alpha value is -4.91. The van der Waals surface area contributed by atoms with Gasteiger partial charge in [0.15, 0.2) is 28.6 Å². The zero-order valence-electron chi connectivity index (χ0n) is 21.0. The van der Waals surface area contributed by atoms with Crippen LogP contribution in [0.3, 0.4) is 0 Å². The van der Waals surface area contributed by atoms with Gasteiger partial charge in [-0.15, -0.1) is 0 Å². The minimum atomic E-state index is -0.585. The lowest BCUT2D eigenvalue weighted by Crippen LogP contribution is -2.05. The van der Waals surface area contributed by atoms with Crippen molar-refractivity contribution in [1.82, 2.24) is 0 Å². The molecule has 1 heterocycles. The van der Waals surface area contributed by atoms with Crippen LogP contribution in [0.2, 0.25) is 0 Å². The monoisotopic (exact) mass is 510 g/mol. The van der Waals surface area contributed by atoms with Gasteiger partial charge in [-0.25, -0.2) is 0 Å². The lowest BCUT2D eigenvalue weighted by molar-refractivity contribution is 0.256. The molecule has 0 spiro atoms. The van der Waals surface area contributed by atoms with E-state index in [9.17, 15) is 9.90 Å². The van der Waals surface area contributed by atoms with E-state index in [2.05, 4.69) is 0 Å². The summed E-state index contributed by atoms with van der Waals surface area (Å²) in [4.78, 5) is 13.0. The molecule has 0 atom stereocenters. The third-order valence-electron chi connectivity index (χ3n) is 6.06. The van der Waals surface area contributed by atoms with Gasteiger partial charge in [0, 0.05) is 5.56 Å². The van der Waals surface area contributed by atoms with Gasteiger partial charge in [0.25, 0.3) is 0 Å². The first-order valence-electron chi connectivity index (χ1n) is 12.0. The molecule has 192 valence electrons. The Balaban J connectivity index is 1.57. The van der Waals surface area contributed by atoms with Crippen molar-refractivity contribution in [2.45, 2.75) is 13.2 Å². The SMILES string of the molecule is COc1ccc2c(=O)c(O)c(-c3ccc(OCc4ccccc4)c(OCc4ccccc4)c3)oc2c1OC. The van der Waals surface area contributed by atoms with Crippen LogP contribution in [-0.4, -0.2) is 19.3 Å². The van der Waals surface area contributed by atoms with E-state index in [4.69, 9.17) is 23.4 Å². The van der Waals surface area contributed by atoms with Crippen molar-refractivity contribution in [1.29, 1.82) is 0 Å². The second-order valence-electron chi connectivity index (χ2n) is 8.50. The Morgan fingerprint density at radius 3 is 1.92 bits per heavy atom. The third-order valence-corrected chi connectivity index (χ3v) is 6.06. The molecule has 0 aliphatic rings. The average Bonchev–Trinajstić information content (AvgIpc) is 2.97. The number of rotatable bonds is 9. The molecule has 0 radical (unpaired) electrons. The number of aromatic hydroxyl groups is 1. The Labute approximate surface area is 219 Å². The largest absolute Gasteiger partial charge is 0.502 e. The maximum absolute atomic E-state index is 13.0. The van der Waals surface area contributed by atoms with E-state index in [1.54, 1.807) is 24.3 Å². The van der Waals surface area contributed by atoms with Crippen molar-refractivity contribution in [2.24, 2.45) is 0 Å². The molecule has 1 aromatic heterocycles. The standard InChI is InChI=1S/C31H26O7/c1-34-25-16-14-23-27(32)28(33)29(38-30(23)31(25)35-2)22-13-15-24(36-18-20-9-5-3-6-10-20)26(17-22)37-19-21-11-7-4-8-12-21/h3-17,33H,18-19H2,1-2H3. The van der Waals surface area contributed by atoms with E-state index in [0.717, 1.165) is 11.1 Å². The summed E-state index contributed by atoms with van der Waals surface area (Å²) < 4.78 is 29.1. The van der Waals surface area contributed by atoms with E-state index in [1.165, 1.54) is 20.3 Å². The van der Waals surface area contributed by atoms with Crippen molar-refractivity contribution in [3.05, 3.63) is 112 Å². The van der Waals surface area contributed by atoms with Gasteiger partial charge < -0.3 is 28.5 Å². The van der Waals surface area contributed by atoms with Crippen LogP contribution in [0.5, 0.6) is 28.7 Å². The Morgan fingerprint density at radius 2 is 1.32 bits per heavy atom. The van der Waals surface area contributed by atoms with E-state index in [0.29, 0.717) is 36.0 Å². The maximum atomic E-state index is 13.0. The van der Waals surface area contributed by atoms with Gasteiger partial charge in [-0.3, -0.25) is 4.79 Å². The lowest BCUT2D eigenvalue weighted by Gasteiger charge is -2.15. The average molecular weight is 511 g/mol. The second-order valence-corrected chi connectivity index (χ2v) is 8.50. The number of methoxy groups -OCH3 is 2. The summed E-state index contributed by atoms with van der Waals surface area (Å²) in [5.41, 5.74) is 1.99. The zero-order chi connectivity index (χ0) is 26.5. The molecule has 5 rings (SSSR count). The number of hydrogen-bond acceptors (Lipinski definition) is 7. The van der Waals surface area contributed by atoms with Crippen molar-refractivity contribution < 1.29 is 28.5 Å². The Kier molecular flexibility index (Phi) is 7.17. The Bertz CT molecular complexity index is 1610. The first-order chi connectivity index (χ1) is 18.6. The summed E-state index contributed by atoms with van der Waals surface area (Å²) in [5, 5.41) is 11.0. The molecule has 38 heavy (non-hydrogen) atoms. The molecule has 0 saturated carbocycles. The number of fused-ring (bicyclic) bond motifs is 1. The highest BCUT2D eigenvalue weighted by Gasteiger charge is 2.21. The van der Waals surface area contributed by atoms with Crippen LogP contribution in [0, 0.1) is 0 Å². The summed E-state index contributed by atoms with van der Waals surface area (Å²) in [7, 11) is 2.95. The molecule has 7 nitrogen and oxygen atoms in total. The van der Waals surface area contributed by atoms with Gasteiger partial charge in [-0.2, -0.15) is 0 Å². The highest BCUT2D eigenvalue weighted by Crippen LogP contribution is 2.41. The molecule has 0 fully saturated rings. The van der Waals surface area contributed by atoms with Crippen LogP contribution in [0.1, 0.15) is 11.1 Å². The number of hydrogen-bond donors (Lipinski definition) is 1. The third kappa shape index (κ3) is 4.99. The molecule has 4 aromatic carbocycles. The van der Waals surface area contributed by atoms with Gasteiger partial charge in [0.1, 0.15) is 13.2 Å². The topological polar surface area (TPSA) is 87.4 Å². The molecule has 5 aromatic rings. The minimum Gasteiger partial charge on any atom is -0.502 e. The van der Waals surface area contributed by atoms with Gasteiger partial charge >= 0.3 is 0 Å². The predicted octanol–water partition coefficient (Wildman–Crippen LogP) is 6.34. The normalized spacial score (nSPS) is 10.8. The quantitative estimate of drug-likeness (QED) is 0.248. The van der Waals surface area contributed by atoms with E-state index in [-0.39, 0.29) is 22.5 Å². The summed E-state index contributed by atoms with van der Waals surface area (Å²) in [6.07, 6.45) is 0. The molecule has 0 aliphatic heterocycles. The smallest absolute Gasteiger partial charge is 0.235 e. The maximum Gasteiger partial charge on any atom is 0.235 e. The highest BCUT2D eigenvalue weighted by molar-refractivity contribution is 5.88. The fourth-order valence-electron chi connectivity index (χ4n) is 4.11. The van der Waals surface area contributed by atoms with Crippen LogP contribution < -0.4 is 24.4 Å². The molecule has 0 saturated heterocycles. The molecule has 0 amide bonds. The van der Waals surface area contributed by atoms with Gasteiger partial charge in [0.2, 0.25) is 16.9 Å². The summed E-state index contributed by atoms with van der Waals surface area (Å²) >= 11 is 0. The van der Waals surface area contributed by atoms with Crippen LogP contribution in [0.15, 0.2) is 100 Å². The van der Waals surface area contributed by atoms with E-state index >= 15 is 0 Å². The van der Waals surface area contributed by atoms with Crippen LogP contribution in [0.4, 0.5) is 0 Å². The van der Waals surface area contributed by atoms with Crippen molar-refractivity contribution in [2.75, 3.05) is 14.2 Å². The molecule has 0 bridgehead atoms. The summed E-state index contributed by atoms with van der Waals surface area (Å²) in [5.74, 6) is 1.06. The minimum absolute atomic E-state index is 0.0202. The molecule has 0 aliphatic carbocycles. The van der Waals surface area contributed by atoms with Crippen LogP contribution >= 0.6 is 0 Å². The van der Waals surface area contributed by atoms with Crippen molar-refractivity contribution >= 4 is 11.0 Å². The fourth-order valence-corrected chi connectivity index (χ4v) is 4.11. The van der Waals surface area contributed by atoms with Crippen molar-refractivity contribution in [3.8, 4) is 40.1 Å². The van der Waals surface area contributed by atoms with Crippen LogP contribution in [0.25, 0.3) is 22.3 Å². The number of benzene rings is 4. The molecule has 1 N–H and O–H groups in total. The van der Waals surface area contributed by atoms with Gasteiger partial charge in [0.05, 0.1) is 19.6 Å². The van der Waals surface area contributed by atoms with E-state index < -0.39 is 11.2 Å². The zero-order valence-corrected chi connectivity index (χ0v) is 21.0. The summed E-state index contributed by atoms with van der Waals surface area (Å²) in [6, 6.07) is 27.7. The first kappa shape index (κ1) is 24.8.